The number of ether oxygens (including phenoxy) is 4. The molecule has 0 amide bonds. The van der Waals surface area contributed by atoms with Crippen molar-refractivity contribution < 1.29 is 18.9 Å². The molecule has 0 saturated carbocycles. The lowest BCUT2D eigenvalue weighted by molar-refractivity contribution is -0.148. The Morgan fingerprint density at radius 3 is 1.43 bits per heavy atom. The smallest absolute Gasteiger partial charge is 0.188 e. The molecule has 40 heavy (non-hydrogen) atoms. The maximum atomic E-state index is 6.10. The van der Waals surface area contributed by atoms with Gasteiger partial charge in [-0.25, -0.2) is 0 Å². The Morgan fingerprint density at radius 2 is 0.875 bits per heavy atom. The third-order valence-corrected chi connectivity index (χ3v) is 7.65. The highest BCUT2D eigenvalue weighted by Crippen LogP contribution is 2.15. The Morgan fingerprint density at radius 1 is 0.450 bits per heavy atom. The van der Waals surface area contributed by atoms with E-state index in [0.29, 0.717) is 6.79 Å². The minimum Gasteiger partial charge on any atom is -0.475 e. The Labute approximate surface area is 251 Å². The standard InChI is InChI=1S/C36H72O4/c1-4-7-10-13-20-23-26-31-37-35-38-32-27-24-21-18-16-14-15-17-19-22-25-30-36(39-33-28-11-8-5-2)40-34-29-12-9-6-3/h27,32,36H,4-26,28-31,33-35H2,1-3H3. The van der Waals surface area contributed by atoms with Gasteiger partial charge >= 0.3 is 0 Å². The van der Waals surface area contributed by atoms with Gasteiger partial charge in [-0.05, 0) is 51.0 Å². The van der Waals surface area contributed by atoms with Crippen LogP contribution in [-0.2, 0) is 18.9 Å². The molecule has 0 unspecified atom stereocenters. The molecule has 0 aliphatic heterocycles. The van der Waals surface area contributed by atoms with Gasteiger partial charge < -0.3 is 18.9 Å². The van der Waals surface area contributed by atoms with E-state index in [1.165, 1.54) is 148 Å². The third kappa shape index (κ3) is 33.6. The summed E-state index contributed by atoms with van der Waals surface area (Å²) in [5, 5.41) is 0. The fraction of sp³-hybridized carbons (Fsp3) is 0.944. The zero-order valence-electron chi connectivity index (χ0n) is 27.6. The van der Waals surface area contributed by atoms with Crippen molar-refractivity contribution in [3.63, 3.8) is 0 Å². The monoisotopic (exact) mass is 569 g/mol. The van der Waals surface area contributed by atoms with E-state index in [9.17, 15) is 0 Å². The normalized spacial score (nSPS) is 11.8. The van der Waals surface area contributed by atoms with Crippen LogP contribution in [0.5, 0.6) is 0 Å². The number of hydrogen-bond donors (Lipinski definition) is 0. The number of allylic oxidation sites excluding steroid dienone is 1. The Hall–Kier alpha value is -0.580. The molecule has 0 fully saturated rings. The van der Waals surface area contributed by atoms with E-state index in [-0.39, 0.29) is 6.29 Å². The summed E-state index contributed by atoms with van der Waals surface area (Å²) in [7, 11) is 0. The minimum absolute atomic E-state index is 0.0186. The lowest BCUT2D eigenvalue weighted by Gasteiger charge is -2.19. The summed E-state index contributed by atoms with van der Waals surface area (Å²) in [5.74, 6) is 0. The summed E-state index contributed by atoms with van der Waals surface area (Å²) >= 11 is 0. The molecule has 0 spiro atoms. The minimum atomic E-state index is 0.0186. The second-order valence-corrected chi connectivity index (χ2v) is 11.7. The van der Waals surface area contributed by atoms with E-state index in [1.54, 1.807) is 0 Å². The topological polar surface area (TPSA) is 36.9 Å². The van der Waals surface area contributed by atoms with Crippen LogP contribution in [0.3, 0.4) is 0 Å². The molecule has 0 bridgehead atoms. The molecule has 0 aliphatic rings. The van der Waals surface area contributed by atoms with E-state index in [0.717, 1.165) is 39.1 Å². The average Bonchev–Trinajstić information content (AvgIpc) is 2.96. The first-order chi connectivity index (χ1) is 19.8. The van der Waals surface area contributed by atoms with Gasteiger partial charge in [-0.15, -0.1) is 0 Å². The highest BCUT2D eigenvalue weighted by Gasteiger charge is 2.09. The van der Waals surface area contributed by atoms with Crippen LogP contribution in [0.15, 0.2) is 12.3 Å². The molecule has 4 heteroatoms. The molecule has 0 N–H and O–H groups in total. The van der Waals surface area contributed by atoms with Gasteiger partial charge in [0.2, 0.25) is 0 Å². The van der Waals surface area contributed by atoms with Crippen molar-refractivity contribution in [2.75, 3.05) is 26.6 Å². The van der Waals surface area contributed by atoms with Crippen LogP contribution >= 0.6 is 0 Å². The van der Waals surface area contributed by atoms with Gasteiger partial charge in [0.15, 0.2) is 13.1 Å². The zero-order valence-corrected chi connectivity index (χ0v) is 27.6. The predicted octanol–water partition coefficient (Wildman–Crippen LogP) is 12.1. The zero-order chi connectivity index (χ0) is 29.0. The number of rotatable bonds is 35. The van der Waals surface area contributed by atoms with Gasteiger partial charge in [0.25, 0.3) is 0 Å². The van der Waals surface area contributed by atoms with E-state index in [4.69, 9.17) is 18.9 Å². The van der Waals surface area contributed by atoms with Crippen molar-refractivity contribution >= 4 is 0 Å². The lowest BCUT2D eigenvalue weighted by Crippen LogP contribution is -2.19. The Balaban J connectivity index is 3.48. The first-order valence-electron chi connectivity index (χ1n) is 17.9. The lowest BCUT2D eigenvalue weighted by atomic mass is 10.1. The molecule has 0 aromatic carbocycles. The fourth-order valence-electron chi connectivity index (χ4n) is 4.96. The summed E-state index contributed by atoms with van der Waals surface area (Å²) in [4.78, 5) is 0. The van der Waals surface area contributed by atoms with Crippen molar-refractivity contribution in [2.45, 2.75) is 194 Å². The summed E-state index contributed by atoms with van der Waals surface area (Å²) < 4.78 is 23.2. The van der Waals surface area contributed by atoms with E-state index in [1.807, 2.05) is 6.26 Å². The number of hydrogen-bond acceptors (Lipinski definition) is 4. The largest absolute Gasteiger partial charge is 0.475 e. The molecule has 0 radical (unpaired) electrons. The third-order valence-electron chi connectivity index (χ3n) is 7.65. The van der Waals surface area contributed by atoms with Crippen molar-refractivity contribution in [3.8, 4) is 0 Å². The van der Waals surface area contributed by atoms with Gasteiger partial charge in [-0.1, -0.05) is 143 Å². The summed E-state index contributed by atoms with van der Waals surface area (Å²) in [6, 6.07) is 0. The SMILES string of the molecule is CCCCCCCCCOCOC=CCCCCCCCCCCCC(OCCCCCC)OCCCCCC. The highest BCUT2D eigenvalue weighted by molar-refractivity contribution is 4.72. The van der Waals surface area contributed by atoms with Crippen molar-refractivity contribution in [3.05, 3.63) is 12.3 Å². The van der Waals surface area contributed by atoms with Gasteiger partial charge in [-0.2, -0.15) is 0 Å². The molecule has 0 aromatic rings. The van der Waals surface area contributed by atoms with Crippen molar-refractivity contribution in [1.82, 2.24) is 0 Å². The molecule has 0 aliphatic carbocycles. The fourth-order valence-corrected chi connectivity index (χ4v) is 4.96. The average molecular weight is 569 g/mol. The summed E-state index contributed by atoms with van der Waals surface area (Å²) in [6.07, 6.45) is 37.4. The van der Waals surface area contributed by atoms with Crippen LogP contribution in [0.1, 0.15) is 188 Å². The predicted molar refractivity (Wildman–Crippen MR) is 174 cm³/mol. The van der Waals surface area contributed by atoms with E-state index >= 15 is 0 Å². The van der Waals surface area contributed by atoms with Gasteiger partial charge in [0.1, 0.15) is 0 Å². The Kier molecular flexibility index (Phi) is 35.9. The maximum Gasteiger partial charge on any atom is 0.188 e. The van der Waals surface area contributed by atoms with Crippen LogP contribution in [0.2, 0.25) is 0 Å². The van der Waals surface area contributed by atoms with Crippen LogP contribution in [0.4, 0.5) is 0 Å². The van der Waals surface area contributed by atoms with Crippen LogP contribution < -0.4 is 0 Å². The first-order valence-corrected chi connectivity index (χ1v) is 17.9. The van der Waals surface area contributed by atoms with Crippen LogP contribution in [0, 0.1) is 0 Å². The first kappa shape index (κ1) is 39.4. The van der Waals surface area contributed by atoms with Gasteiger partial charge in [0.05, 0.1) is 12.9 Å². The van der Waals surface area contributed by atoms with E-state index in [2.05, 4.69) is 26.8 Å². The number of unbranched alkanes of at least 4 members (excludes halogenated alkanes) is 21. The quantitative estimate of drug-likeness (QED) is 0.0433. The van der Waals surface area contributed by atoms with Crippen molar-refractivity contribution in [1.29, 1.82) is 0 Å². The second kappa shape index (κ2) is 36.4. The van der Waals surface area contributed by atoms with Gasteiger partial charge in [-0.3, -0.25) is 0 Å². The molecular formula is C36H72O4. The summed E-state index contributed by atoms with van der Waals surface area (Å²) in [5.41, 5.74) is 0. The molecule has 0 saturated heterocycles. The van der Waals surface area contributed by atoms with E-state index < -0.39 is 0 Å². The van der Waals surface area contributed by atoms with Crippen molar-refractivity contribution in [2.24, 2.45) is 0 Å². The molecule has 0 heterocycles. The maximum absolute atomic E-state index is 6.10. The molecular weight excluding hydrogens is 496 g/mol. The molecule has 0 aromatic heterocycles. The summed E-state index contributed by atoms with van der Waals surface area (Å²) in [6.45, 7) is 9.71. The van der Waals surface area contributed by atoms with Gasteiger partial charge in [0, 0.05) is 13.2 Å². The van der Waals surface area contributed by atoms with Crippen LogP contribution in [0.25, 0.3) is 0 Å². The molecule has 4 nitrogen and oxygen atoms in total. The molecule has 0 atom stereocenters. The second-order valence-electron chi connectivity index (χ2n) is 11.7. The highest BCUT2D eigenvalue weighted by atomic mass is 16.7. The Bertz CT molecular complexity index is 454. The molecule has 240 valence electrons. The molecule has 0 rings (SSSR count). The van der Waals surface area contributed by atoms with Crippen LogP contribution in [-0.4, -0.2) is 32.9 Å².